The molecule has 17 heavy (non-hydrogen) atoms. The topological polar surface area (TPSA) is 25.2 Å². The summed E-state index contributed by atoms with van der Waals surface area (Å²) in [6.07, 6.45) is 9.48. The Morgan fingerprint density at radius 2 is 2.35 bits per heavy atom. The van der Waals surface area contributed by atoms with Gasteiger partial charge in [0.1, 0.15) is 5.76 Å². The van der Waals surface area contributed by atoms with Gasteiger partial charge in [-0.05, 0) is 50.7 Å². The fourth-order valence-corrected chi connectivity index (χ4v) is 2.90. The molecule has 96 valence electrons. The van der Waals surface area contributed by atoms with Crippen LogP contribution in [-0.4, -0.2) is 12.1 Å². The summed E-state index contributed by atoms with van der Waals surface area (Å²) in [4.78, 5) is 0. The van der Waals surface area contributed by atoms with Gasteiger partial charge in [0.15, 0.2) is 0 Å². The molecule has 0 aromatic carbocycles. The van der Waals surface area contributed by atoms with Crippen molar-refractivity contribution in [3.63, 3.8) is 0 Å². The van der Waals surface area contributed by atoms with Crippen LogP contribution < -0.4 is 5.32 Å². The van der Waals surface area contributed by atoms with Crippen LogP contribution in [0.25, 0.3) is 0 Å². The van der Waals surface area contributed by atoms with E-state index in [1.807, 2.05) is 6.07 Å². The molecule has 1 fully saturated rings. The summed E-state index contributed by atoms with van der Waals surface area (Å²) < 4.78 is 5.36. The average molecular weight is 235 g/mol. The van der Waals surface area contributed by atoms with Crippen LogP contribution in [0.3, 0.4) is 0 Å². The van der Waals surface area contributed by atoms with Gasteiger partial charge in [0.05, 0.1) is 6.26 Å². The third-order valence-electron chi connectivity index (χ3n) is 4.04. The molecular weight excluding hydrogens is 210 g/mol. The zero-order valence-corrected chi connectivity index (χ0v) is 11.1. The number of furan rings is 1. The molecule has 0 amide bonds. The van der Waals surface area contributed by atoms with E-state index in [0.717, 1.165) is 24.1 Å². The first-order valence-electron chi connectivity index (χ1n) is 7.06. The maximum absolute atomic E-state index is 5.36. The lowest BCUT2D eigenvalue weighted by Gasteiger charge is -2.19. The molecule has 0 radical (unpaired) electrons. The van der Waals surface area contributed by atoms with Gasteiger partial charge in [-0.15, -0.1) is 0 Å². The Hall–Kier alpha value is -0.760. The molecule has 1 aromatic rings. The van der Waals surface area contributed by atoms with Crippen molar-refractivity contribution >= 4 is 0 Å². The van der Waals surface area contributed by atoms with Gasteiger partial charge < -0.3 is 9.73 Å². The van der Waals surface area contributed by atoms with Crippen molar-refractivity contribution < 1.29 is 4.42 Å². The van der Waals surface area contributed by atoms with Gasteiger partial charge >= 0.3 is 0 Å². The maximum atomic E-state index is 5.36. The molecule has 0 bridgehead atoms. The van der Waals surface area contributed by atoms with Crippen molar-refractivity contribution in [1.29, 1.82) is 0 Å². The minimum atomic E-state index is 0.598. The average Bonchev–Trinajstić information content (AvgIpc) is 2.97. The van der Waals surface area contributed by atoms with E-state index >= 15 is 0 Å². The Kier molecular flexibility index (Phi) is 4.66. The van der Waals surface area contributed by atoms with E-state index in [-0.39, 0.29) is 0 Å². The number of aryl methyl sites for hydroxylation is 1. The van der Waals surface area contributed by atoms with Crippen LogP contribution in [-0.2, 0) is 6.42 Å². The third kappa shape index (κ3) is 3.88. The predicted octanol–water partition coefficient (Wildman–Crippen LogP) is 3.77. The predicted molar refractivity (Wildman–Crippen MR) is 71.0 cm³/mol. The summed E-state index contributed by atoms with van der Waals surface area (Å²) in [5.74, 6) is 2.07. The first kappa shape index (κ1) is 12.7. The molecule has 1 N–H and O–H groups in total. The Labute approximate surface area is 105 Å². The molecule has 1 aliphatic carbocycles. The van der Waals surface area contributed by atoms with Gasteiger partial charge in [0, 0.05) is 18.5 Å². The SMILES string of the molecule is CCC1CCC(NC(C)CCc2ccco2)C1. The molecular formula is C15H25NO. The minimum absolute atomic E-state index is 0.598. The number of hydrogen-bond donors (Lipinski definition) is 1. The van der Waals surface area contributed by atoms with Crippen LogP contribution in [0, 0.1) is 5.92 Å². The standard InChI is InChI=1S/C15H25NO/c1-3-13-7-8-14(11-13)16-12(2)6-9-15-5-4-10-17-15/h4-5,10,12-14,16H,3,6-9,11H2,1-2H3. The monoisotopic (exact) mass is 235 g/mol. The van der Waals surface area contributed by atoms with Gasteiger partial charge in [0.2, 0.25) is 0 Å². The van der Waals surface area contributed by atoms with Gasteiger partial charge in [-0.2, -0.15) is 0 Å². The second-order valence-corrected chi connectivity index (χ2v) is 5.47. The van der Waals surface area contributed by atoms with Crippen molar-refractivity contribution in [2.75, 3.05) is 0 Å². The van der Waals surface area contributed by atoms with E-state index in [1.54, 1.807) is 6.26 Å². The van der Waals surface area contributed by atoms with Crippen LogP contribution in [0.5, 0.6) is 0 Å². The molecule has 1 saturated carbocycles. The molecule has 0 aliphatic heterocycles. The van der Waals surface area contributed by atoms with E-state index in [4.69, 9.17) is 4.42 Å². The van der Waals surface area contributed by atoms with Crippen LogP contribution in [0.2, 0.25) is 0 Å². The molecule has 1 aromatic heterocycles. The summed E-state index contributed by atoms with van der Waals surface area (Å²) >= 11 is 0. The summed E-state index contributed by atoms with van der Waals surface area (Å²) in [6, 6.07) is 5.39. The van der Waals surface area contributed by atoms with Gasteiger partial charge in [-0.25, -0.2) is 0 Å². The highest BCUT2D eigenvalue weighted by atomic mass is 16.3. The largest absolute Gasteiger partial charge is 0.469 e. The van der Waals surface area contributed by atoms with Crippen LogP contribution in [0.1, 0.15) is 51.7 Å². The first-order valence-corrected chi connectivity index (χ1v) is 7.06. The first-order chi connectivity index (χ1) is 8.28. The second-order valence-electron chi connectivity index (χ2n) is 5.47. The van der Waals surface area contributed by atoms with Crippen molar-refractivity contribution in [2.24, 2.45) is 5.92 Å². The molecule has 2 rings (SSSR count). The second kappa shape index (κ2) is 6.25. The van der Waals surface area contributed by atoms with Gasteiger partial charge in [-0.1, -0.05) is 13.3 Å². The fraction of sp³-hybridized carbons (Fsp3) is 0.733. The van der Waals surface area contributed by atoms with Crippen molar-refractivity contribution in [3.05, 3.63) is 24.2 Å². The van der Waals surface area contributed by atoms with Gasteiger partial charge in [-0.3, -0.25) is 0 Å². The molecule has 0 saturated heterocycles. The van der Waals surface area contributed by atoms with E-state index in [1.165, 1.54) is 32.1 Å². The summed E-state index contributed by atoms with van der Waals surface area (Å²) in [5, 5.41) is 3.76. The van der Waals surface area contributed by atoms with E-state index in [9.17, 15) is 0 Å². The smallest absolute Gasteiger partial charge is 0.103 e. The van der Waals surface area contributed by atoms with Crippen LogP contribution >= 0.6 is 0 Å². The Bertz CT molecular complexity index is 307. The molecule has 1 heterocycles. The fourth-order valence-electron chi connectivity index (χ4n) is 2.90. The third-order valence-corrected chi connectivity index (χ3v) is 4.04. The molecule has 2 nitrogen and oxygen atoms in total. The van der Waals surface area contributed by atoms with Crippen molar-refractivity contribution in [1.82, 2.24) is 5.32 Å². The minimum Gasteiger partial charge on any atom is -0.469 e. The quantitative estimate of drug-likeness (QED) is 0.812. The van der Waals surface area contributed by atoms with E-state index in [2.05, 4.69) is 25.2 Å². The summed E-state index contributed by atoms with van der Waals surface area (Å²) in [5.41, 5.74) is 0. The highest BCUT2D eigenvalue weighted by molar-refractivity contribution is 4.98. The van der Waals surface area contributed by atoms with Gasteiger partial charge in [0.25, 0.3) is 0 Å². The zero-order valence-electron chi connectivity index (χ0n) is 11.1. The Morgan fingerprint density at radius 1 is 1.47 bits per heavy atom. The number of rotatable bonds is 6. The molecule has 1 aliphatic rings. The molecule has 2 heteroatoms. The van der Waals surface area contributed by atoms with Crippen molar-refractivity contribution in [3.8, 4) is 0 Å². The van der Waals surface area contributed by atoms with Crippen LogP contribution in [0.4, 0.5) is 0 Å². The van der Waals surface area contributed by atoms with E-state index in [0.29, 0.717) is 6.04 Å². The number of nitrogens with one attached hydrogen (secondary N) is 1. The Balaban J connectivity index is 1.65. The highest BCUT2D eigenvalue weighted by Crippen LogP contribution is 2.28. The zero-order chi connectivity index (χ0) is 12.1. The molecule has 3 unspecified atom stereocenters. The normalized spacial score (nSPS) is 26.2. The van der Waals surface area contributed by atoms with Crippen molar-refractivity contribution in [2.45, 2.75) is 64.5 Å². The lowest BCUT2D eigenvalue weighted by molar-refractivity contribution is 0.403. The molecule has 0 spiro atoms. The summed E-state index contributed by atoms with van der Waals surface area (Å²) in [7, 11) is 0. The maximum Gasteiger partial charge on any atom is 0.103 e. The molecule has 3 atom stereocenters. The highest BCUT2D eigenvalue weighted by Gasteiger charge is 2.23. The van der Waals surface area contributed by atoms with Crippen LogP contribution in [0.15, 0.2) is 22.8 Å². The summed E-state index contributed by atoms with van der Waals surface area (Å²) in [6.45, 7) is 4.61. The lowest BCUT2D eigenvalue weighted by Crippen LogP contribution is -2.35. The van der Waals surface area contributed by atoms with E-state index < -0.39 is 0 Å². The lowest BCUT2D eigenvalue weighted by atomic mass is 10.0. The number of hydrogen-bond acceptors (Lipinski definition) is 2. The Morgan fingerprint density at radius 3 is 3.00 bits per heavy atom.